The van der Waals surface area contributed by atoms with Crippen LogP contribution in [0.25, 0.3) is 0 Å². The molecular formula is C21H24N2O2. The molecule has 4 nitrogen and oxygen atoms in total. The van der Waals surface area contributed by atoms with E-state index in [1.807, 2.05) is 18.2 Å². The monoisotopic (exact) mass is 336 g/mol. The summed E-state index contributed by atoms with van der Waals surface area (Å²) in [6.07, 6.45) is 0.291. The first-order valence-electron chi connectivity index (χ1n) is 8.38. The lowest BCUT2D eigenvalue weighted by molar-refractivity contribution is -0.127. The molecule has 0 aliphatic carbocycles. The molecule has 0 aromatic heterocycles. The molecule has 0 saturated carbocycles. The molecule has 0 radical (unpaired) electrons. The van der Waals surface area contributed by atoms with Crippen molar-refractivity contribution in [1.82, 2.24) is 5.32 Å². The van der Waals surface area contributed by atoms with Crippen molar-refractivity contribution in [2.24, 2.45) is 5.41 Å². The van der Waals surface area contributed by atoms with E-state index in [0.29, 0.717) is 17.9 Å². The Morgan fingerprint density at radius 3 is 2.40 bits per heavy atom. The predicted molar refractivity (Wildman–Crippen MR) is 98.2 cm³/mol. The number of hydrogen-bond acceptors (Lipinski definition) is 3. The van der Waals surface area contributed by atoms with E-state index >= 15 is 0 Å². The summed E-state index contributed by atoms with van der Waals surface area (Å²) in [7, 11) is 0. The summed E-state index contributed by atoms with van der Waals surface area (Å²) in [5.41, 5.74) is 1.77. The largest absolute Gasteiger partial charge is 0.481 e. The summed E-state index contributed by atoms with van der Waals surface area (Å²) in [5.74, 6) is 0.427. The lowest BCUT2D eigenvalue weighted by Crippen LogP contribution is -2.41. The minimum Gasteiger partial charge on any atom is -0.481 e. The second-order valence-electron chi connectivity index (χ2n) is 6.94. The highest BCUT2D eigenvalue weighted by atomic mass is 16.5. The van der Waals surface area contributed by atoms with Crippen molar-refractivity contribution in [1.29, 1.82) is 5.26 Å². The maximum atomic E-state index is 12.3. The van der Waals surface area contributed by atoms with E-state index < -0.39 is 6.10 Å². The number of ether oxygens (including phenoxy) is 1. The highest BCUT2D eigenvalue weighted by molar-refractivity contribution is 5.80. The smallest absolute Gasteiger partial charge is 0.260 e. The Bertz CT molecular complexity index is 731. The molecule has 4 heteroatoms. The van der Waals surface area contributed by atoms with Gasteiger partial charge in [0.25, 0.3) is 5.91 Å². The summed E-state index contributed by atoms with van der Waals surface area (Å²) in [6.45, 7) is 6.55. The van der Waals surface area contributed by atoms with E-state index in [0.717, 1.165) is 6.42 Å². The van der Waals surface area contributed by atoms with Gasteiger partial charge < -0.3 is 10.1 Å². The van der Waals surface area contributed by atoms with Crippen LogP contribution in [0.2, 0.25) is 0 Å². The fourth-order valence-corrected chi connectivity index (χ4v) is 2.55. The Labute approximate surface area is 149 Å². The van der Waals surface area contributed by atoms with Crippen molar-refractivity contribution in [3.8, 4) is 11.8 Å². The zero-order valence-electron chi connectivity index (χ0n) is 15.0. The number of rotatable bonds is 7. The first-order valence-corrected chi connectivity index (χ1v) is 8.38. The Morgan fingerprint density at radius 2 is 1.80 bits per heavy atom. The number of amides is 1. The van der Waals surface area contributed by atoms with E-state index in [4.69, 9.17) is 10.00 Å². The van der Waals surface area contributed by atoms with Crippen LogP contribution in [0.15, 0.2) is 54.6 Å². The average molecular weight is 336 g/mol. The van der Waals surface area contributed by atoms with E-state index in [1.54, 1.807) is 31.2 Å². The van der Waals surface area contributed by atoms with Gasteiger partial charge in [-0.15, -0.1) is 0 Å². The van der Waals surface area contributed by atoms with Gasteiger partial charge in [-0.1, -0.05) is 44.2 Å². The van der Waals surface area contributed by atoms with Gasteiger partial charge in [0.15, 0.2) is 6.10 Å². The van der Waals surface area contributed by atoms with Crippen molar-refractivity contribution in [3.63, 3.8) is 0 Å². The summed E-state index contributed by atoms with van der Waals surface area (Å²) in [6, 6.07) is 19.0. The van der Waals surface area contributed by atoms with Gasteiger partial charge in [-0.3, -0.25) is 4.79 Å². The van der Waals surface area contributed by atoms with Gasteiger partial charge in [-0.05, 0) is 48.6 Å². The summed E-state index contributed by atoms with van der Waals surface area (Å²) in [5, 5.41) is 11.8. The molecule has 1 unspecified atom stereocenters. The van der Waals surface area contributed by atoms with Crippen LogP contribution in [0.4, 0.5) is 0 Å². The first-order chi connectivity index (χ1) is 11.9. The Morgan fingerprint density at radius 1 is 1.16 bits per heavy atom. The number of nitrogens with one attached hydrogen (secondary N) is 1. The second kappa shape index (κ2) is 8.34. The number of nitrogens with zero attached hydrogens (tertiary/aromatic N) is 1. The SMILES string of the molecule is CC(Oc1ccc(C#N)cc1)C(=O)NCC(C)(C)Cc1ccccc1. The first kappa shape index (κ1) is 18.5. The minimum absolute atomic E-state index is 0.0504. The quantitative estimate of drug-likeness (QED) is 0.838. The minimum atomic E-state index is -0.597. The fraction of sp³-hybridized carbons (Fsp3) is 0.333. The van der Waals surface area contributed by atoms with Gasteiger partial charge in [0, 0.05) is 6.54 Å². The zero-order chi connectivity index (χ0) is 18.3. The number of benzene rings is 2. The van der Waals surface area contributed by atoms with Gasteiger partial charge in [0.05, 0.1) is 11.6 Å². The van der Waals surface area contributed by atoms with E-state index in [9.17, 15) is 4.79 Å². The van der Waals surface area contributed by atoms with E-state index in [1.165, 1.54) is 5.56 Å². The molecule has 1 N–H and O–H groups in total. The van der Waals surface area contributed by atoms with Crippen LogP contribution in [-0.2, 0) is 11.2 Å². The van der Waals surface area contributed by atoms with Crippen molar-refractivity contribution < 1.29 is 9.53 Å². The van der Waals surface area contributed by atoms with E-state index in [2.05, 4.69) is 37.4 Å². The van der Waals surface area contributed by atoms with Gasteiger partial charge in [0.2, 0.25) is 0 Å². The Kier molecular flexibility index (Phi) is 6.19. The van der Waals surface area contributed by atoms with Crippen LogP contribution >= 0.6 is 0 Å². The lowest BCUT2D eigenvalue weighted by atomic mass is 9.85. The standard InChI is InChI=1S/C21H24N2O2/c1-16(25-19-11-9-18(14-22)10-12-19)20(24)23-15-21(2,3)13-17-7-5-4-6-8-17/h4-12,16H,13,15H2,1-3H3,(H,23,24). The number of nitriles is 1. The van der Waals surface area contributed by atoms with Gasteiger partial charge in [-0.25, -0.2) is 0 Å². The molecule has 2 rings (SSSR count). The molecule has 0 spiro atoms. The third kappa shape index (κ3) is 5.96. The Balaban J connectivity index is 1.84. The maximum Gasteiger partial charge on any atom is 0.260 e. The molecular weight excluding hydrogens is 312 g/mol. The second-order valence-corrected chi connectivity index (χ2v) is 6.94. The molecule has 0 bridgehead atoms. The van der Waals surface area contributed by atoms with Crippen molar-refractivity contribution in [2.75, 3.05) is 6.54 Å². The summed E-state index contributed by atoms with van der Waals surface area (Å²) < 4.78 is 5.64. The lowest BCUT2D eigenvalue weighted by Gasteiger charge is -2.26. The van der Waals surface area contributed by atoms with Crippen molar-refractivity contribution in [3.05, 3.63) is 65.7 Å². The summed E-state index contributed by atoms with van der Waals surface area (Å²) in [4.78, 5) is 12.3. The molecule has 130 valence electrons. The highest BCUT2D eigenvalue weighted by Gasteiger charge is 2.22. The molecule has 2 aromatic rings. The highest BCUT2D eigenvalue weighted by Crippen LogP contribution is 2.21. The molecule has 2 aromatic carbocycles. The molecule has 1 atom stereocenters. The molecule has 0 aliphatic heterocycles. The Hall–Kier alpha value is -2.80. The van der Waals surface area contributed by atoms with Crippen LogP contribution in [0.1, 0.15) is 31.9 Å². The van der Waals surface area contributed by atoms with E-state index in [-0.39, 0.29) is 11.3 Å². The molecule has 0 heterocycles. The van der Waals surface area contributed by atoms with Gasteiger partial charge >= 0.3 is 0 Å². The summed E-state index contributed by atoms with van der Waals surface area (Å²) >= 11 is 0. The molecule has 0 saturated heterocycles. The molecule has 0 fully saturated rings. The van der Waals surface area contributed by atoms with Crippen LogP contribution < -0.4 is 10.1 Å². The fourth-order valence-electron chi connectivity index (χ4n) is 2.55. The van der Waals surface area contributed by atoms with Crippen LogP contribution in [0.5, 0.6) is 5.75 Å². The number of carbonyl (C=O) groups excluding carboxylic acids is 1. The van der Waals surface area contributed by atoms with Crippen molar-refractivity contribution in [2.45, 2.75) is 33.3 Å². The van der Waals surface area contributed by atoms with Crippen LogP contribution in [0, 0.1) is 16.7 Å². The number of hydrogen-bond donors (Lipinski definition) is 1. The van der Waals surface area contributed by atoms with Gasteiger partial charge in [-0.2, -0.15) is 5.26 Å². The predicted octanol–water partition coefficient (Wildman–Crippen LogP) is 3.71. The maximum absolute atomic E-state index is 12.3. The van der Waals surface area contributed by atoms with Crippen molar-refractivity contribution >= 4 is 5.91 Å². The van der Waals surface area contributed by atoms with Crippen LogP contribution in [-0.4, -0.2) is 18.6 Å². The zero-order valence-corrected chi connectivity index (χ0v) is 15.0. The topological polar surface area (TPSA) is 62.1 Å². The van der Waals surface area contributed by atoms with Crippen LogP contribution in [0.3, 0.4) is 0 Å². The third-order valence-electron chi connectivity index (χ3n) is 3.93. The average Bonchev–Trinajstić information content (AvgIpc) is 2.61. The molecule has 0 aliphatic rings. The van der Waals surface area contributed by atoms with Gasteiger partial charge in [0.1, 0.15) is 5.75 Å². The number of carbonyl (C=O) groups is 1. The molecule has 1 amide bonds. The molecule has 25 heavy (non-hydrogen) atoms. The third-order valence-corrected chi connectivity index (χ3v) is 3.93. The normalized spacial score (nSPS) is 12.1.